The molecule has 0 saturated heterocycles. The summed E-state index contributed by atoms with van der Waals surface area (Å²) in [6.07, 6.45) is 0.960. The molecule has 0 aromatic rings. The highest BCUT2D eigenvalue weighted by molar-refractivity contribution is 5.82. The number of nitrogens with zero attached hydrogens (tertiary/aromatic N) is 1. The molecule has 0 radical (unpaired) electrons. The summed E-state index contributed by atoms with van der Waals surface area (Å²) in [5, 5.41) is 0. The van der Waals surface area contributed by atoms with Gasteiger partial charge in [0.2, 0.25) is 0 Å². The molecule has 0 amide bonds. The van der Waals surface area contributed by atoms with Gasteiger partial charge in [-0.05, 0) is 26.6 Å². The predicted octanol–water partition coefficient (Wildman–Crippen LogP) is 0.492. The number of Topliss-reactive ketones (excluding diaryl/α,β-unsaturated/α-hetero) is 1. The maximum atomic E-state index is 11.2. The Balaban J connectivity index is 3.54. The van der Waals surface area contributed by atoms with Crippen molar-refractivity contribution in [2.45, 2.75) is 20.3 Å². The second kappa shape index (κ2) is 6.14. The molecule has 0 aromatic carbocycles. The molecule has 0 saturated carbocycles. The van der Waals surface area contributed by atoms with Gasteiger partial charge in [-0.2, -0.15) is 0 Å². The van der Waals surface area contributed by atoms with Crippen LogP contribution >= 0.6 is 0 Å². The molecule has 0 spiro atoms. The van der Waals surface area contributed by atoms with Crippen molar-refractivity contribution >= 4 is 5.78 Å². The van der Waals surface area contributed by atoms with E-state index in [0.29, 0.717) is 18.9 Å². The summed E-state index contributed by atoms with van der Waals surface area (Å²) in [6.45, 7) is 6.02. The molecule has 3 heteroatoms. The van der Waals surface area contributed by atoms with Crippen molar-refractivity contribution < 1.29 is 4.79 Å². The molecule has 3 nitrogen and oxygen atoms in total. The molecule has 0 aromatic heterocycles. The maximum Gasteiger partial charge on any atom is 0.149 e. The first kappa shape index (κ1) is 11.6. The average Bonchev–Trinajstić information content (AvgIpc) is 2.00. The summed E-state index contributed by atoms with van der Waals surface area (Å²) in [4.78, 5) is 13.3. The molecular weight excluding hydrogens is 152 g/mol. The van der Waals surface area contributed by atoms with Crippen LogP contribution in [0.3, 0.4) is 0 Å². The van der Waals surface area contributed by atoms with Crippen LogP contribution < -0.4 is 5.73 Å². The van der Waals surface area contributed by atoms with Crippen LogP contribution in [0.4, 0.5) is 0 Å². The van der Waals surface area contributed by atoms with E-state index in [1.54, 1.807) is 0 Å². The van der Waals surface area contributed by atoms with Crippen molar-refractivity contribution in [1.29, 1.82) is 0 Å². The van der Waals surface area contributed by atoms with Gasteiger partial charge in [-0.25, -0.2) is 0 Å². The molecule has 0 rings (SSSR count). The Morgan fingerprint density at radius 3 is 2.50 bits per heavy atom. The largest absolute Gasteiger partial charge is 0.330 e. The van der Waals surface area contributed by atoms with Crippen LogP contribution in [-0.2, 0) is 4.79 Å². The maximum absolute atomic E-state index is 11.2. The van der Waals surface area contributed by atoms with Gasteiger partial charge >= 0.3 is 0 Å². The lowest BCUT2D eigenvalue weighted by Crippen LogP contribution is -2.30. The molecule has 0 aliphatic heterocycles. The Labute approximate surface area is 74.9 Å². The Hall–Kier alpha value is -0.410. The van der Waals surface area contributed by atoms with E-state index in [-0.39, 0.29) is 5.92 Å². The minimum absolute atomic E-state index is 0.144. The summed E-state index contributed by atoms with van der Waals surface area (Å²) < 4.78 is 0. The molecule has 0 fully saturated rings. The molecule has 2 N–H and O–H groups in total. The van der Waals surface area contributed by atoms with E-state index in [1.807, 2.05) is 25.8 Å². The number of nitrogens with two attached hydrogens (primary N) is 1. The molecule has 0 bridgehead atoms. The van der Waals surface area contributed by atoms with Crippen molar-refractivity contribution in [1.82, 2.24) is 4.90 Å². The lowest BCUT2D eigenvalue weighted by molar-refractivity contribution is -0.122. The topological polar surface area (TPSA) is 46.3 Å². The van der Waals surface area contributed by atoms with Crippen molar-refractivity contribution in [3.8, 4) is 0 Å². The number of ketones is 1. The lowest BCUT2D eigenvalue weighted by atomic mass is 10.1. The average molecular weight is 172 g/mol. The highest BCUT2D eigenvalue weighted by atomic mass is 16.1. The fraction of sp³-hybridized carbons (Fsp3) is 0.889. The van der Waals surface area contributed by atoms with Crippen molar-refractivity contribution in [3.63, 3.8) is 0 Å². The molecule has 12 heavy (non-hydrogen) atoms. The Morgan fingerprint density at radius 1 is 1.50 bits per heavy atom. The summed E-state index contributed by atoms with van der Waals surface area (Å²) in [6, 6.07) is 0. The minimum atomic E-state index is 0.144. The highest BCUT2D eigenvalue weighted by Crippen LogP contribution is 1.96. The second-order valence-electron chi connectivity index (χ2n) is 3.50. The van der Waals surface area contributed by atoms with Crippen LogP contribution in [0.25, 0.3) is 0 Å². The molecule has 72 valence electrons. The van der Waals surface area contributed by atoms with Crippen molar-refractivity contribution in [3.05, 3.63) is 0 Å². The third-order valence-electron chi connectivity index (χ3n) is 1.81. The van der Waals surface area contributed by atoms with E-state index < -0.39 is 0 Å². The van der Waals surface area contributed by atoms with Crippen LogP contribution in [0.15, 0.2) is 0 Å². The van der Waals surface area contributed by atoms with E-state index in [2.05, 4.69) is 0 Å². The molecule has 0 unspecified atom stereocenters. The van der Waals surface area contributed by atoms with Gasteiger partial charge in [-0.3, -0.25) is 9.69 Å². The number of carbonyl (C=O) groups excluding carboxylic acids is 1. The van der Waals surface area contributed by atoms with Crippen LogP contribution in [0.1, 0.15) is 20.3 Å². The Kier molecular flexibility index (Phi) is 5.93. The normalized spacial score (nSPS) is 11.2. The number of hydrogen-bond donors (Lipinski definition) is 1. The summed E-state index contributed by atoms with van der Waals surface area (Å²) in [5.74, 6) is 0.444. The Morgan fingerprint density at radius 2 is 2.08 bits per heavy atom. The summed E-state index contributed by atoms with van der Waals surface area (Å²) in [7, 11) is 1.95. The smallest absolute Gasteiger partial charge is 0.149 e. The number of carbonyl (C=O) groups is 1. The predicted molar refractivity (Wildman–Crippen MR) is 51.0 cm³/mol. The van der Waals surface area contributed by atoms with Crippen LogP contribution in [-0.4, -0.2) is 37.4 Å². The van der Waals surface area contributed by atoms with E-state index in [0.717, 1.165) is 13.0 Å². The first-order chi connectivity index (χ1) is 5.57. The Bertz CT molecular complexity index is 134. The highest BCUT2D eigenvalue weighted by Gasteiger charge is 2.09. The standard InChI is InChI=1S/C9H20N2O/c1-8(2)9(12)7-11(3)6-4-5-10/h8H,4-7,10H2,1-3H3. The molecule has 0 heterocycles. The molecule has 0 aliphatic rings. The van der Waals surface area contributed by atoms with Gasteiger partial charge in [-0.15, -0.1) is 0 Å². The minimum Gasteiger partial charge on any atom is -0.330 e. The quantitative estimate of drug-likeness (QED) is 0.634. The first-order valence-electron chi connectivity index (χ1n) is 4.49. The molecule has 0 atom stereocenters. The SMILES string of the molecule is CC(C)C(=O)CN(C)CCCN. The van der Waals surface area contributed by atoms with Gasteiger partial charge in [0, 0.05) is 5.92 Å². The van der Waals surface area contributed by atoms with E-state index in [1.165, 1.54) is 0 Å². The number of likely N-dealkylation sites (N-methyl/N-ethyl adjacent to an activating group) is 1. The van der Waals surface area contributed by atoms with Crippen molar-refractivity contribution in [2.24, 2.45) is 11.7 Å². The van der Waals surface area contributed by atoms with Crippen LogP contribution in [0, 0.1) is 5.92 Å². The number of rotatable bonds is 6. The lowest BCUT2D eigenvalue weighted by Gasteiger charge is -2.16. The van der Waals surface area contributed by atoms with Crippen LogP contribution in [0.5, 0.6) is 0 Å². The fourth-order valence-electron chi connectivity index (χ4n) is 0.889. The first-order valence-corrected chi connectivity index (χ1v) is 4.49. The van der Waals surface area contributed by atoms with Gasteiger partial charge in [0.15, 0.2) is 0 Å². The van der Waals surface area contributed by atoms with Crippen LogP contribution in [0.2, 0.25) is 0 Å². The second-order valence-corrected chi connectivity index (χ2v) is 3.50. The zero-order valence-corrected chi connectivity index (χ0v) is 8.34. The van der Waals surface area contributed by atoms with Gasteiger partial charge in [0.25, 0.3) is 0 Å². The summed E-state index contributed by atoms with van der Waals surface area (Å²) in [5.41, 5.74) is 5.36. The van der Waals surface area contributed by atoms with Crippen molar-refractivity contribution in [2.75, 3.05) is 26.7 Å². The van der Waals surface area contributed by atoms with Gasteiger partial charge in [0.1, 0.15) is 5.78 Å². The monoisotopic (exact) mass is 172 g/mol. The summed E-state index contributed by atoms with van der Waals surface area (Å²) >= 11 is 0. The van der Waals surface area contributed by atoms with Gasteiger partial charge in [-0.1, -0.05) is 13.8 Å². The third kappa shape index (κ3) is 5.27. The zero-order valence-electron chi connectivity index (χ0n) is 8.34. The third-order valence-corrected chi connectivity index (χ3v) is 1.81. The number of hydrogen-bond acceptors (Lipinski definition) is 3. The van der Waals surface area contributed by atoms with E-state index in [9.17, 15) is 4.79 Å². The molecule has 0 aliphatic carbocycles. The zero-order chi connectivity index (χ0) is 9.56. The fourth-order valence-corrected chi connectivity index (χ4v) is 0.889. The van der Waals surface area contributed by atoms with E-state index >= 15 is 0 Å². The molecular formula is C9H20N2O. The van der Waals surface area contributed by atoms with Gasteiger partial charge in [0.05, 0.1) is 6.54 Å². The van der Waals surface area contributed by atoms with E-state index in [4.69, 9.17) is 5.73 Å². The van der Waals surface area contributed by atoms with Gasteiger partial charge < -0.3 is 5.73 Å².